The Morgan fingerprint density at radius 3 is 1.95 bits per heavy atom. The summed E-state index contributed by atoms with van der Waals surface area (Å²) in [4.78, 5) is 24.6. The zero-order valence-corrected chi connectivity index (χ0v) is 12.2. The highest BCUT2D eigenvalue weighted by molar-refractivity contribution is 5.97. The zero-order valence-electron chi connectivity index (χ0n) is 12.2. The standard InChI is InChI=1S/C17H22F2O2/c18-15(19)17(2-1-13(17)20)9-14(21)16-6-10-3-11(7-16)5-12(4-10)8-16/h10-12,15H,1-9H2. The summed E-state index contributed by atoms with van der Waals surface area (Å²) in [5.74, 6) is 1.46. The van der Waals surface area contributed by atoms with Crippen molar-refractivity contribution in [3.8, 4) is 0 Å². The summed E-state index contributed by atoms with van der Waals surface area (Å²) < 4.78 is 26.7. The van der Waals surface area contributed by atoms with Crippen molar-refractivity contribution < 1.29 is 18.4 Å². The number of rotatable bonds is 4. The smallest absolute Gasteiger partial charge is 0.251 e. The predicted octanol–water partition coefficient (Wildman–Crippen LogP) is 3.78. The Bertz CT molecular complexity index is 464. The van der Waals surface area contributed by atoms with Gasteiger partial charge in [0.05, 0.1) is 5.41 Å². The molecule has 5 saturated carbocycles. The van der Waals surface area contributed by atoms with Crippen LogP contribution in [-0.2, 0) is 9.59 Å². The lowest BCUT2D eigenvalue weighted by atomic mass is 9.47. The number of ketones is 2. The second kappa shape index (κ2) is 4.36. The zero-order chi connectivity index (χ0) is 14.8. The number of hydrogen-bond acceptors (Lipinski definition) is 2. The Morgan fingerprint density at radius 1 is 1.10 bits per heavy atom. The van der Waals surface area contributed by atoms with E-state index in [4.69, 9.17) is 0 Å². The molecular formula is C17H22F2O2. The molecule has 4 heteroatoms. The minimum Gasteiger partial charge on any atom is -0.299 e. The molecule has 0 aliphatic heterocycles. The minimum absolute atomic E-state index is 0.0186. The van der Waals surface area contributed by atoms with Gasteiger partial charge >= 0.3 is 0 Å². The molecule has 116 valence electrons. The van der Waals surface area contributed by atoms with E-state index in [2.05, 4.69) is 0 Å². The Labute approximate surface area is 123 Å². The summed E-state index contributed by atoms with van der Waals surface area (Å²) in [6, 6.07) is 0. The fraction of sp³-hybridized carbons (Fsp3) is 0.882. The molecule has 5 aliphatic carbocycles. The van der Waals surface area contributed by atoms with Crippen molar-refractivity contribution in [2.75, 3.05) is 0 Å². The summed E-state index contributed by atoms with van der Waals surface area (Å²) in [5, 5.41) is 0. The van der Waals surface area contributed by atoms with Crippen LogP contribution in [0.4, 0.5) is 8.78 Å². The van der Waals surface area contributed by atoms with E-state index in [0.717, 1.165) is 19.3 Å². The molecule has 5 rings (SSSR count). The van der Waals surface area contributed by atoms with Crippen LogP contribution >= 0.6 is 0 Å². The summed E-state index contributed by atoms with van der Waals surface area (Å²) >= 11 is 0. The summed E-state index contributed by atoms with van der Waals surface area (Å²) in [6.07, 6.45) is 3.90. The Balaban J connectivity index is 1.56. The maximum atomic E-state index is 13.3. The third-order valence-electron chi connectivity index (χ3n) is 6.88. The second-order valence-electron chi connectivity index (χ2n) is 8.18. The average Bonchev–Trinajstić information content (AvgIpc) is 2.40. The first-order valence-electron chi connectivity index (χ1n) is 8.28. The SMILES string of the molecule is O=C(CC1(C(F)F)CCC1=O)C12CC3CC(CC(C3)C1)C2. The normalized spacial score (nSPS) is 47.8. The highest BCUT2D eigenvalue weighted by Crippen LogP contribution is 2.61. The maximum absolute atomic E-state index is 13.3. The van der Waals surface area contributed by atoms with Gasteiger partial charge in [0.15, 0.2) is 0 Å². The van der Waals surface area contributed by atoms with Crippen molar-refractivity contribution >= 4 is 11.6 Å². The van der Waals surface area contributed by atoms with E-state index >= 15 is 0 Å². The van der Waals surface area contributed by atoms with E-state index in [-0.39, 0.29) is 30.5 Å². The number of carbonyl (C=O) groups excluding carboxylic acids is 2. The number of carbonyl (C=O) groups is 2. The molecule has 0 aromatic rings. The number of halogens is 2. The number of alkyl halides is 2. The molecule has 0 radical (unpaired) electrons. The van der Waals surface area contributed by atoms with Crippen LogP contribution in [0.3, 0.4) is 0 Å². The largest absolute Gasteiger partial charge is 0.299 e. The van der Waals surface area contributed by atoms with Crippen molar-refractivity contribution in [1.29, 1.82) is 0 Å². The molecule has 0 amide bonds. The summed E-state index contributed by atoms with van der Waals surface area (Å²) in [5.41, 5.74) is -1.98. The van der Waals surface area contributed by atoms with Crippen molar-refractivity contribution in [3.05, 3.63) is 0 Å². The lowest BCUT2D eigenvalue weighted by molar-refractivity contribution is -0.164. The van der Waals surface area contributed by atoms with E-state index in [9.17, 15) is 18.4 Å². The van der Waals surface area contributed by atoms with Crippen LogP contribution in [0.25, 0.3) is 0 Å². The molecule has 1 atom stereocenters. The second-order valence-corrected chi connectivity index (χ2v) is 8.18. The van der Waals surface area contributed by atoms with Gasteiger partial charge in [-0.15, -0.1) is 0 Å². The van der Waals surface area contributed by atoms with Crippen LogP contribution < -0.4 is 0 Å². The topological polar surface area (TPSA) is 34.1 Å². The van der Waals surface area contributed by atoms with Gasteiger partial charge in [0.2, 0.25) is 0 Å². The third-order valence-corrected chi connectivity index (χ3v) is 6.88. The van der Waals surface area contributed by atoms with Gasteiger partial charge in [-0.3, -0.25) is 9.59 Å². The molecule has 5 fully saturated rings. The highest BCUT2D eigenvalue weighted by Gasteiger charge is 2.59. The van der Waals surface area contributed by atoms with E-state index < -0.39 is 17.6 Å². The van der Waals surface area contributed by atoms with Gasteiger partial charge in [0, 0.05) is 18.3 Å². The molecular weight excluding hydrogens is 274 g/mol. The summed E-state index contributed by atoms with van der Waals surface area (Å²) in [7, 11) is 0. The Hall–Kier alpha value is -0.800. The molecule has 4 bridgehead atoms. The Kier molecular flexibility index (Phi) is 2.87. The van der Waals surface area contributed by atoms with Crippen LogP contribution in [-0.4, -0.2) is 18.0 Å². The van der Waals surface area contributed by atoms with E-state index in [1.165, 1.54) is 19.3 Å². The first-order valence-corrected chi connectivity index (χ1v) is 8.28. The average molecular weight is 296 g/mol. The van der Waals surface area contributed by atoms with Crippen molar-refractivity contribution in [2.45, 2.75) is 64.2 Å². The Morgan fingerprint density at radius 2 is 1.62 bits per heavy atom. The first kappa shape index (κ1) is 13.8. The lowest BCUT2D eigenvalue weighted by Crippen LogP contribution is -2.54. The van der Waals surface area contributed by atoms with Gasteiger partial charge in [-0.25, -0.2) is 8.78 Å². The van der Waals surface area contributed by atoms with Gasteiger partial charge < -0.3 is 0 Å². The maximum Gasteiger partial charge on any atom is 0.251 e. The van der Waals surface area contributed by atoms with Crippen molar-refractivity contribution in [2.24, 2.45) is 28.6 Å². The van der Waals surface area contributed by atoms with E-state index in [1.54, 1.807) is 0 Å². The molecule has 1 unspecified atom stereocenters. The number of hydrogen-bond donors (Lipinski definition) is 0. The van der Waals surface area contributed by atoms with Crippen LogP contribution in [0.5, 0.6) is 0 Å². The summed E-state index contributed by atoms with van der Waals surface area (Å²) in [6.45, 7) is 0. The fourth-order valence-corrected chi connectivity index (χ4v) is 5.97. The van der Waals surface area contributed by atoms with E-state index in [1.807, 2.05) is 0 Å². The van der Waals surface area contributed by atoms with Gasteiger partial charge in [-0.2, -0.15) is 0 Å². The predicted molar refractivity (Wildman–Crippen MR) is 72.9 cm³/mol. The molecule has 0 aromatic carbocycles. The molecule has 5 aliphatic rings. The monoisotopic (exact) mass is 296 g/mol. The molecule has 0 spiro atoms. The lowest BCUT2D eigenvalue weighted by Gasteiger charge is -2.56. The van der Waals surface area contributed by atoms with Gasteiger partial charge in [-0.05, 0) is 62.7 Å². The number of Topliss-reactive ketones (excluding diaryl/α,β-unsaturated/α-hetero) is 2. The molecule has 0 aromatic heterocycles. The highest BCUT2D eigenvalue weighted by atomic mass is 19.3. The molecule has 21 heavy (non-hydrogen) atoms. The first-order chi connectivity index (χ1) is 9.93. The van der Waals surface area contributed by atoms with Crippen molar-refractivity contribution in [1.82, 2.24) is 0 Å². The fourth-order valence-electron chi connectivity index (χ4n) is 5.97. The van der Waals surface area contributed by atoms with Crippen LogP contribution in [0.2, 0.25) is 0 Å². The van der Waals surface area contributed by atoms with Gasteiger partial charge in [0.1, 0.15) is 11.6 Å². The van der Waals surface area contributed by atoms with Gasteiger partial charge in [0.25, 0.3) is 6.43 Å². The van der Waals surface area contributed by atoms with Crippen molar-refractivity contribution in [3.63, 3.8) is 0 Å². The van der Waals surface area contributed by atoms with E-state index in [0.29, 0.717) is 17.8 Å². The van der Waals surface area contributed by atoms with Crippen LogP contribution in [0, 0.1) is 28.6 Å². The third kappa shape index (κ3) is 1.86. The van der Waals surface area contributed by atoms with Gasteiger partial charge in [-0.1, -0.05) is 0 Å². The quantitative estimate of drug-likeness (QED) is 0.791. The molecule has 0 N–H and O–H groups in total. The van der Waals surface area contributed by atoms with Crippen LogP contribution in [0.15, 0.2) is 0 Å². The molecule has 0 saturated heterocycles. The minimum atomic E-state index is -2.68. The molecule has 0 heterocycles. The molecule has 2 nitrogen and oxygen atoms in total. The van der Waals surface area contributed by atoms with Crippen LogP contribution in [0.1, 0.15) is 57.8 Å².